The van der Waals surface area contributed by atoms with Gasteiger partial charge >= 0.3 is 0 Å². The van der Waals surface area contributed by atoms with Crippen molar-refractivity contribution in [2.75, 3.05) is 24.5 Å². The van der Waals surface area contributed by atoms with Gasteiger partial charge in [-0.15, -0.1) is 12.4 Å². The number of amides is 1. The largest absolute Gasteiger partial charge is 0.316 e. The van der Waals surface area contributed by atoms with E-state index < -0.39 is 0 Å². The van der Waals surface area contributed by atoms with Crippen molar-refractivity contribution in [2.45, 2.75) is 33.6 Å². The number of anilines is 1. The van der Waals surface area contributed by atoms with E-state index in [0.29, 0.717) is 11.8 Å². The Bertz CT molecular complexity index is 540. The lowest BCUT2D eigenvalue weighted by Gasteiger charge is -2.37. The molecule has 4 heteroatoms. The molecular formula is C17H25ClN2O. The second kappa shape index (κ2) is 6.37. The molecule has 3 nitrogen and oxygen atoms in total. The van der Waals surface area contributed by atoms with Crippen LogP contribution in [0.5, 0.6) is 0 Å². The highest BCUT2D eigenvalue weighted by Gasteiger charge is 2.33. The van der Waals surface area contributed by atoms with Gasteiger partial charge in [0, 0.05) is 18.2 Å². The van der Waals surface area contributed by atoms with E-state index in [1.54, 1.807) is 0 Å². The molecule has 1 fully saturated rings. The molecule has 2 heterocycles. The van der Waals surface area contributed by atoms with Gasteiger partial charge < -0.3 is 10.2 Å². The highest BCUT2D eigenvalue weighted by atomic mass is 35.5. The van der Waals surface area contributed by atoms with Crippen molar-refractivity contribution in [1.29, 1.82) is 0 Å². The Labute approximate surface area is 133 Å². The van der Waals surface area contributed by atoms with Crippen LogP contribution in [-0.4, -0.2) is 25.5 Å². The summed E-state index contributed by atoms with van der Waals surface area (Å²) in [5, 5.41) is 3.27. The van der Waals surface area contributed by atoms with Crippen molar-refractivity contribution in [1.82, 2.24) is 5.32 Å². The van der Waals surface area contributed by atoms with Gasteiger partial charge in [0.1, 0.15) is 0 Å². The number of benzene rings is 1. The number of nitrogens with zero attached hydrogens (tertiary/aromatic N) is 1. The average Bonchev–Trinajstić information content (AvgIpc) is 2.35. The zero-order valence-electron chi connectivity index (χ0n) is 13.1. The molecule has 1 unspecified atom stereocenters. The van der Waals surface area contributed by atoms with E-state index in [9.17, 15) is 4.79 Å². The number of carbonyl (C=O) groups excluding carboxylic acids is 1. The molecule has 1 aromatic rings. The summed E-state index contributed by atoms with van der Waals surface area (Å²) in [5.74, 6) is 0.948. The molecule has 3 rings (SSSR count). The summed E-state index contributed by atoms with van der Waals surface area (Å²) in [6.07, 6.45) is 2.18. The van der Waals surface area contributed by atoms with Crippen LogP contribution in [0, 0.1) is 25.7 Å². The third kappa shape index (κ3) is 2.95. The van der Waals surface area contributed by atoms with Gasteiger partial charge in [0.05, 0.1) is 0 Å². The maximum atomic E-state index is 12.8. The first-order valence-corrected chi connectivity index (χ1v) is 7.70. The fraction of sp³-hybridized carbons (Fsp3) is 0.588. The molecule has 0 saturated carbocycles. The van der Waals surface area contributed by atoms with Gasteiger partial charge in [-0.1, -0.05) is 13.0 Å². The van der Waals surface area contributed by atoms with Gasteiger partial charge in [-0.2, -0.15) is 0 Å². The Morgan fingerprint density at radius 2 is 2.05 bits per heavy atom. The fourth-order valence-electron chi connectivity index (χ4n) is 3.42. The van der Waals surface area contributed by atoms with Crippen LogP contribution in [0.2, 0.25) is 0 Å². The Morgan fingerprint density at radius 1 is 1.33 bits per heavy atom. The van der Waals surface area contributed by atoms with Crippen molar-refractivity contribution in [3.05, 3.63) is 28.8 Å². The molecule has 1 saturated heterocycles. The van der Waals surface area contributed by atoms with Crippen LogP contribution in [0.25, 0.3) is 0 Å². The lowest BCUT2D eigenvalue weighted by atomic mass is 9.86. The van der Waals surface area contributed by atoms with E-state index in [0.717, 1.165) is 38.2 Å². The smallest absolute Gasteiger partial charge is 0.230 e. The summed E-state index contributed by atoms with van der Waals surface area (Å²) in [7, 11) is 0. The Morgan fingerprint density at radius 3 is 2.67 bits per heavy atom. The first kappa shape index (κ1) is 16.3. The molecule has 2 aliphatic heterocycles. The minimum absolute atomic E-state index is 0. The van der Waals surface area contributed by atoms with Crippen LogP contribution >= 0.6 is 12.4 Å². The highest BCUT2D eigenvalue weighted by molar-refractivity contribution is 5.96. The van der Waals surface area contributed by atoms with Crippen LogP contribution < -0.4 is 10.2 Å². The van der Waals surface area contributed by atoms with E-state index in [1.165, 1.54) is 16.7 Å². The van der Waals surface area contributed by atoms with Gasteiger partial charge in [0.25, 0.3) is 0 Å². The Hall–Kier alpha value is -1.06. The molecule has 0 bridgehead atoms. The van der Waals surface area contributed by atoms with Crippen molar-refractivity contribution in [3.63, 3.8) is 0 Å². The quantitative estimate of drug-likeness (QED) is 0.911. The number of fused-ring (bicyclic) bond motifs is 1. The number of rotatable bonds is 2. The van der Waals surface area contributed by atoms with E-state index in [4.69, 9.17) is 0 Å². The number of nitrogens with one attached hydrogen (secondary N) is 1. The van der Waals surface area contributed by atoms with Gasteiger partial charge in [0.2, 0.25) is 5.91 Å². The fourth-order valence-corrected chi connectivity index (χ4v) is 3.42. The number of halogens is 1. The zero-order chi connectivity index (χ0) is 14.3. The second-order valence-electron chi connectivity index (χ2n) is 6.38. The average molecular weight is 309 g/mol. The van der Waals surface area contributed by atoms with E-state index in [2.05, 4.69) is 38.2 Å². The van der Waals surface area contributed by atoms with E-state index >= 15 is 0 Å². The van der Waals surface area contributed by atoms with Gasteiger partial charge in [-0.3, -0.25) is 4.79 Å². The minimum atomic E-state index is 0. The molecular weight excluding hydrogens is 284 g/mol. The molecule has 0 radical (unpaired) electrons. The summed E-state index contributed by atoms with van der Waals surface area (Å²) in [6, 6.07) is 4.41. The summed E-state index contributed by atoms with van der Waals surface area (Å²) in [6.45, 7) is 9.22. The molecule has 0 aliphatic carbocycles. The standard InChI is InChI=1S/C17H24N2O.ClH/c1-11-7-12(2)15-5-4-6-19(16(15)8-11)17(20)13(3)14-9-18-10-14;/h7-8,13-14,18H,4-6,9-10H2,1-3H3;1H. The van der Waals surface area contributed by atoms with Crippen molar-refractivity contribution < 1.29 is 4.79 Å². The molecule has 0 spiro atoms. The predicted octanol–water partition coefficient (Wildman–Crippen LogP) is 2.86. The molecule has 2 aliphatic rings. The molecule has 0 aromatic heterocycles. The molecule has 1 N–H and O–H groups in total. The molecule has 1 atom stereocenters. The van der Waals surface area contributed by atoms with Crippen molar-refractivity contribution in [2.24, 2.45) is 11.8 Å². The number of hydrogen-bond acceptors (Lipinski definition) is 2. The summed E-state index contributed by atoms with van der Waals surface area (Å²) >= 11 is 0. The predicted molar refractivity (Wildman–Crippen MR) is 89.4 cm³/mol. The summed E-state index contributed by atoms with van der Waals surface area (Å²) in [4.78, 5) is 14.9. The van der Waals surface area contributed by atoms with E-state index in [1.807, 2.05) is 4.90 Å². The van der Waals surface area contributed by atoms with Crippen molar-refractivity contribution in [3.8, 4) is 0 Å². The Balaban J connectivity index is 0.00000161. The summed E-state index contributed by atoms with van der Waals surface area (Å²) < 4.78 is 0. The van der Waals surface area contributed by atoms with Crippen LogP contribution in [0.15, 0.2) is 12.1 Å². The SMILES string of the molecule is Cc1cc(C)c2c(c1)N(C(=O)C(C)C1CNC1)CCC2.Cl. The maximum absolute atomic E-state index is 12.8. The summed E-state index contributed by atoms with van der Waals surface area (Å²) in [5.41, 5.74) is 5.11. The normalized spacial score (nSPS) is 19.3. The van der Waals surface area contributed by atoms with Crippen LogP contribution in [0.3, 0.4) is 0 Å². The molecule has 1 aromatic carbocycles. The molecule has 1 amide bonds. The second-order valence-corrected chi connectivity index (χ2v) is 6.38. The number of hydrogen-bond donors (Lipinski definition) is 1. The molecule has 116 valence electrons. The molecule has 21 heavy (non-hydrogen) atoms. The number of aryl methyl sites for hydroxylation is 2. The third-order valence-electron chi connectivity index (χ3n) is 4.87. The van der Waals surface area contributed by atoms with Gasteiger partial charge in [-0.25, -0.2) is 0 Å². The zero-order valence-corrected chi connectivity index (χ0v) is 13.9. The maximum Gasteiger partial charge on any atom is 0.230 e. The highest BCUT2D eigenvalue weighted by Crippen LogP contribution is 2.33. The first-order valence-electron chi connectivity index (χ1n) is 7.70. The van der Waals surface area contributed by atoms with Gasteiger partial charge in [0.15, 0.2) is 0 Å². The number of carbonyl (C=O) groups is 1. The lowest BCUT2D eigenvalue weighted by molar-refractivity contribution is -0.124. The topological polar surface area (TPSA) is 32.3 Å². The lowest BCUT2D eigenvalue weighted by Crippen LogP contribution is -2.51. The van der Waals surface area contributed by atoms with E-state index in [-0.39, 0.29) is 18.3 Å². The van der Waals surface area contributed by atoms with Crippen LogP contribution in [0.1, 0.15) is 30.0 Å². The monoisotopic (exact) mass is 308 g/mol. The Kier molecular flexibility index (Phi) is 4.95. The van der Waals surface area contributed by atoms with Crippen LogP contribution in [0.4, 0.5) is 5.69 Å². The van der Waals surface area contributed by atoms with Gasteiger partial charge in [-0.05, 0) is 68.5 Å². The van der Waals surface area contributed by atoms with Crippen LogP contribution in [-0.2, 0) is 11.2 Å². The first-order chi connectivity index (χ1) is 9.58. The van der Waals surface area contributed by atoms with Crippen molar-refractivity contribution >= 4 is 24.0 Å². The third-order valence-corrected chi connectivity index (χ3v) is 4.87. The minimum Gasteiger partial charge on any atom is -0.316 e.